The van der Waals surface area contributed by atoms with Crippen molar-refractivity contribution in [2.45, 2.75) is 37.0 Å². The van der Waals surface area contributed by atoms with Crippen molar-refractivity contribution in [3.05, 3.63) is 35.2 Å². The molecule has 3 rings (SSSR count). The summed E-state index contributed by atoms with van der Waals surface area (Å²) in [5.41, 5.74) is 20.6. The van der Waals surface area contributed by atoms with E-state index < -0.39 is 47.4 Å². The molecule has 14 nitrogen and oxygen atoms in total. The van der Waals surface area contributed by atoms with Gasteiger partial charge in [0.1, 0.15) is 53.5 Å². The molecule has 2 aromatic heterocycles. The summed E-state index contributed by atoms with van der Waals surface area (Å²) in [7, 11) is -0.417. The first-order chi connectivity index (χ1) is 15.8. The highest BCUT2D eigenvalue weighted by atomic mass is 32.2. The van der Waals surface area contributed by atoms with Crippen molar-refractivity contribution in [1.82, 2.24) is 19.5 Å². The number of ether oxygens (including phenoxy) is 1. The lowest BCUT2D eigenvalue weighted by Crippen LogP contribution is -2.38. The van der Waals surface area contributed by atoms with Gasteiger partial charge in [-0.3, -0.25) is 9.36 Å². The van der Waals surface area contributed by atoms with E-state index in [0.717, 1.165) is 0 Å². The predicted octanol–water partition coefficient (Wildman–Crippen LogP) is -0.685. The van der Waals surface area contributed by atoms with Crippen molar-refractivity contribution < 1.29 is 24.9 Å². The molecule has 3 heterocycles. The third kappa shape index (κ3) is 5.90. The maximum Gasteiger partial charge on any atom is 0.320 e. The van der Waals surface area contributed by atoms with E-state index >= 15 is 0 Å². The number of hydrogen-bond donors (Lipinski definition) is 5. The molecule has 1 aliphatic rings. The van der Waals surface area contributed by atoms with Gasteiger partial charge in [-0.25, -0.2) is 15.0 Å². The molecule has 1 unspecified atom stereocenters. The molecular formula is C18H26N9O5S+. The van der Waals surface area contributed by atoms with Crippen LogP contribution in [0.5, 0.6) is 0 Å². The van der Waals surface area contributed by atoms with Crippen molar-refractivity contribution >= 4 is 33.8 Å². The van der Waals surface area contributed by atoms with E-state index in [9.17, 15) is 15.0 Å². The Balaban J connectivity index is 1.72. The monoisotopic (exact) mass is 480 g/mol. The Labute approximate surface area is 191 Å². The minimum absolute atomic E-state index is 0.187. The van der Waals surface area contributed by atoms with Crippen LogP contribution in [0.1, 0.15) is 12.6 Å². The molecule has 15 heteroatoms. The Morgan fingerprint density at radius 3 is 2.88 bits per heavy atom. The Hall–Kier alpha value is -2.94. The van der Waals surface area contributed by atoms with Crippen LogP contribution >= 0.6 is 0 Å². The molecule has 6 atom stereocenters. The number of nitrogen functional groups attached to an aromatic ring is 1. The summed E-state index contributed by atoms with van der Waals surface area (Å²) < 4.78 is 7.50. The highest BCUT2D eigenvalue weighted by Gasteiger charge is 2.47. The van der Waals surface area contributed by atoms with Crippen molar-refractivity contribution in [3.8, 4) is 0 Å². The van der Waals surface area contributed by atoms with Crippen LogP contribution in [0.2, 0.25) is 0 Å². The second-order valence-corrected chi connectivity index (χ2v) is 9.70. The van der Waals surface area contributed by atoms with E-state index in [4.69, 9.17) is 26.8 Å². The molecule has 178 valence electrons. The zero-order chi connectivity index (χ0) is 24.0. The fourth-order valence-electron chi connectivity index (χ4n) is 3.40. The number of carbonyl (C=O) groups is 1. The lowest BCUT2D eigenvalue weighted by Gasteiger charge is -2.17. The van der Waals surface area contributed by atoms with Crippen molar-refractivity contribution in [1.29, 1.82) is 0 Å². The topological polar surface area (TPSA) is 231 Å². The first-order valence-corrected chi connectivity index (χ1v) is 11.8. The second kappa shape index (κ2) is 11.3. The third-order valence-corrected chi connectivity index (χ3v) is 7.46. The number of nitrogens with two attached hydrogens (primary N) is 2. The fourth-order valence-corrected chi connectivity index (χ4v) is 5.60. The standard InChI is InChI=1S/C18H25N9O5S/c19-10(18(30)31)3-6-33(5-2-1-4-25-26-21)7-11-13(28)14(29)17(32-11)27-9-24-12-15(20)22-8-23-16(12)27/h1-2,8-11,13-14,17,28-29H,3-7,19H2,(H2-,20,22,23,30,31)/p+1/b2-1+/t10-,11+,13+,14+,17+,33?/m0/s1. The minimum Gasteiger partial charge on any atom is -0.480 e. The first kappa shape index (κ1) is 24.7. The van der Waals surface area contributed by atoms with Gasteiger partial charge in [0.05, 0.1) is 6.33 Å². The highest BCUT2D eigenvalue weighted by molar-refractivity contribution is 7.97. The summed E-state index contributed by atoms with van der Waals surface area (Å²) >= 11 is 0. The van der Waals surface area contributed by atoms with Gasteiger partial charge in [0.15, 0.2) is 17.7 Å². The van der Waals surface area contributed by atoms with Crippen LogP contribution in [0.4, 0.5) is 5.82 Å². The molecule has 0 bridgehead atoms. The number of aliphatic carboxylic acids is 1. The van der Waals surface area contributed by atoms with Crippen LogP contribution in [0.25, 0.3) is 21.6 Å². The molecule has 7 N–H and O–H groups in total. The fraction of sp³-hybridized carbons (Fsp3) is 0.556. The third-order valence-electron chi connectivity index (χ3n) is 5.18. The van der Waals surface area contributed by atoms with Gasteiger partial charge in [0.25, 0.3) is 0 Å². The first-order valence-electron chi connectivity index (χ1n) is 10.1. The highest BCUT2D eigenvalue weighted by Crippen LogP contribution is 2.33. The summed E-state index contributed by atoms with van der Waals surface area (Å²) in [4.78, 5) is 26.0. The second-order valence-electron chi connectivity index (χ2n) is 7.40. The number of azide groups is 1. The molecular weight excluding hydrogens is 454 g/mol. The molecule has 0 saturated carbocycles. The Morgan fingerprint density at radius 1 is 1.36 bits per heavy atom. The number of rotatable bonds is 11. The average Bonchev–Trinajstić information content (AvgIpc) is 3.34. The van der Waals surface area contributed by atoms with Gasteiger partial charge in [-0.1, -0.05) is 11.2 Å². The van der Waals surface area contributed by atoms with Crippen molar-refractivity contribution in [3.63, 3.8) is 0 Å². The molecule has 0 spiro atoms. The molecule has 0 aliphatic carbocycles. The predicted molar refractivity (Wildman–Crippen MR) is 121 cm³/mol. The molecule has 0 radical (unpaired) electrons. The van der Waals surface area contributed by atoms with E-state index in [2.05, 4.69) is 25.0 Å². The summed E-state index contributed by atoms with van der Waals surface area (Å²) in [6.07, 6.45) is 2.43. The average molecular weight is 481 g/mol. The number of nitrogens with zero attached hydrogens (tertiary/aromatic N) is 7. The zero-order valence-corrected chi connectivity index (χ0v) is 18.4. The van der Waals surface area contributed by atoms with Gasteiger partial charge >= 0.3 is 5.97 Å². The van der Waals surface area contributed by atoms with Crippen LogP contribution in [0.15, 0.2) is 29.9 Å². The summed E-state index contributed by atoms with van der Waals surface area (Å²) in [6, 6.07) is -0.998. The lowest BCUT2D eigenvalue weighted by atomic mass is 10.1. The largest absolute Gasteiger partial charge is 0.480 e. The SMILES string of the molecule is [N-]=[N+]=NC/C=C/C[S+](CC[C@H](N)C(=O)O)C[C@H]1O[C@@H](n2cnc3c(N)ncnc32)[C@H](O)[C@@H]1O. The molecule has 2 aromatic rings. The molecule has 1 aliphatic heterocycles. The number of aliphatic hydroxyl groups is 2. The zero-order valence-electron chi connectivity index (χ0n) is 17.6. The van der Waals surface area contributed by atoms with Gasteiger partial charge < -0.3 is 31.5 Å². The van der Waals surface area contributed by atoms with E-state index in [0.29, 0.717) is 28.4 Å². The lowest BCUT2D eigenvalue weighted by molar-refractivity contribution is -0.138. The van der Waals surface area contributed by atoms with E-state index in [-0.39, 0.29) is 18.8 Å². The number of carboxylic acid groups (broad SMARTS) is 1. The van der Waals surface area contributed by atoms with Gasteiger partial charge in [0, 0.05) is 17.9 Å². The van der Waals surface area contributed by atoms with Crippen LogP contribution in [-0.2, 0) is 20.4 Å². The molecule has 0 amide bonds. The van der Waals surface area contributed by atoms with E-state index in [1.165, 1.54) is 17.2 Å². The van der Waals surface area contributed by atoms with Crippen LogP contribution in [0.3, 0.4) is 0 Å². The van der Waals surface area contributed by atoms with Crippen molar-refractivity contribution in [2.24, 2.45) is 10.8 Å². The molecule has 1 saturated heterocycles. The quantitative estimate of drug-likeness (QED) is 0.0893. The number of hydrogen-bond acceptors (Lipinski definition) is 10. The number of carboxylic acids is 1. The van der Waals surface area contributed by atoms with Gasteiger partial charge in [-0.2, -0.15) is 0 Å². The Bertz CT molecular complexity index is 1040. The molecule has 0 aromatic carbocycles. The van der Waals surface area contributed by atoms with Gasteiger partial charge in [0.2, 0.25) is 0 Å². The van der Waals surface area contributed by atoms with Gasteiger partial charge in [-0.05, 0) is 22.5 Å². The van der Waals surface area contributed by atoms with E-state index in [1.807, 2.05) is 6.08 Å². The van der Waals surface area contributed by atoms with Gasteiger partial charge in [-0.15, -0.1) is 0 Å². The maximum absolute atomic E-state index is 11.1. The number of aromatic nitrogens is 4. The van der Waals surface area contributed by atoms with E-state index in [1.54, 1.807) is 6.08 Å². The number of imidazole rings is 1. The number of anilines is 1. The summed E-state index contributed by atoms with van der Waals surface area (Å²) in [5, 5.41) is 33.8. The van der Waals surface area contributed by atoms with Crippen LogP contribution in [-0.4, -0.2) is 89.0 Å². The number of aliphatic hydroxyl groups excluding tert-OH is 2. The smallest absolute Gasteiger partial charge is 0.320 e. The summed E-state index contributed by atoms with van der Waals surface area (Å²) in [6.45, 7) is 0.199. The Morgan fingerprint density at radius 2 is 2.15 bits per heavy atom. The molecule has 33 heavy (non-hydrogen) atoms. The summed E-state index contributed by atoms with van der Waals surface area (Å²) in [5.74, 6) is 0.518. The van der Waals surface area contributed by atoms with Crippen LogP contribution < -0.4 is 11.5 Å². The van der Waals surface area contributed by atoms with Crippen LogP contribution in [0, 0.1) is 0 Å². The maximum atomic E-state index is 11.1. The van der Waals surface area contributed by atoms with Crippen molar-refractivity contribution in [2.75, 3.05) is 29.5 Å². The minimum atomic E-state index is -1.24. The molecule has 1 fully saturated rings. The Kier molecular flexibility index (Phi) is 8.43. The number of fused-ring (bicyclic) bond motifs is 1. The normalized spacial score (nSPS) is 24.7.